The topological polar surface area (TPSA) is 62.1 Å². The van der Waals surface area contributed by atoms with Gasteiger partial charge < -0.3 is 4.74 Å². The Balaban J connectivity index is 3.06. The largest absolute Gasteiger partial charge is 0.453 e. The number of benzene rings is 1. The molecule has 0 aliphatic rings. The number of carbonyl (C=O) groups excluding carboxylic acids is 1. The summed E-state index contributed by atoms with van der Waals surface area (Å²) < 4.78 is 17.6. The molecule has 0 saturated carbocycles. The second-order valence-electron chi connectivity index (χ2n) is 2.88. The van der Waals surface area contributed by atoms with E-state index in [1.165, 1.54) is 13.2 Å². The van der Waals surface area contributed by atoms with E-state index in [1.54, 1.807) is 6.92 Å². The second kappa shape index (κ2) is 4.42. The number of carbonyl (C=O) groups is 1. The maximum atomic E-state index is 13.3. The predicted octanol–water partition coefficient (Wildman–Crippen LogP) is 2.18. The summed E-state index contributed by atoms with van der Waals surface area (Å²) in [5, 5.41) is 10.8. The molecule has 0 unspecified atom stereocenters. The maximum Gasteiger partial charge on any atom is 0.411 e. The third kappa shape index (κ3) is 2.44. The summed E-state index contributed by atoms with van der Waals surface area (Å²) in [5.74, 6) is -0.664. The third-order valence-corrected chi connectivity index (χ3v) is 1.86. The Hall–Kier alpha value is -2.09. The van der Waals surface area contributed by atoms with Gasteiger partial charge in [-0.1, -0.05) is 0 Å². The van der Waals surface area contributed by atoms with Gasteiger partial charge in [0.25, 0.3) is 0 Å². The van der Waals surface area contributed by atoms with Crippen LogP contribution in [0.4, 0.5) is 14.9 Å². The van der Waals surface area contributed by atoms with E-state index < -0.39 is 11.9 Å². The molecule has 5 heteroatoms. The smallest absolute Gasteiger partial charge is 0.411 e. The van der Waals surface area contributed by atoms with Gasteiger partial charge in [-0.15, -0.1) is 0 Å². The first-order valence-corrected chi connectivity index (χ1v) is 4.13. The standard InChI is InChI=1S/C10H9FN2O2/c1-6-3-9(13-10(14)15-2)8(11)4-7(6)5-12/h3-4H,1-2H3,(H,13,14). The van der Waals surface area contributed by atoms with E-state index >= 15 is 0 Å². The van der Waals surface area contributed by atoms with Crippen LogP contribution in [0.25, 0.3) is 0 Å². The van der Waals surface area contributed by atoms with Gasteiger partial charge in [-0.2, -0.15) is 5.26 Å². The molecule has 15 heavy (non-hydrogen) atoms. The molecule has 0 radical (unpaired) electrons. The van der Waals surface area contributed by atoms with Gasteiger partial charge in [0.1, 0.15) is 5.82 Å². The van der Waals surface area contributed by atoms with Crippen LogP contribution in [0.2, 0.25) is 0 Å². The molecule has 0 atom stereocenters. The van der Waals surface area contributed by atoms with Crippen molar-refractivity contribution in [3.63, 3.8) is 0 Å². The molecule has 0 aliphatic carbocycles. The predicted molar refractivity (Wildman–Crippen MR) is 51.9 cm³/mol. The number of amides is 1. The summed E-state index contributed by atoms with van der Waals surface area (Å²) >= 11 is 0. The molecule has 1 amide bonds. The monoisotopic (exact) mass is 208 g/mol. The van der Waals surface area contributed by atoms with E-state index in [2.05, 4.69) is 10.1 Å². The number of hydrogen-bond donors (Lipinski definition) is 1. The van der Waals surface area contributed by atoms with Crippen LogP contribution >= 0.6 is 0 Å². The van der Waals surface area contributed by atoms with Crippen molar-refractivity contribution >= 4 is 11.8 Å². The van der Waals surface area contributed by atoms with Gasteiger partial charge in [-0.05, 0) is 24.6 Å². The first kappa shape index (κ1) is 11.0. The number of ether oxygens (including phenoxy) is 1. The van der Waals surface area contributed by atoms with Crippen molar-refractivity contribution in [1.29, 1.82) is 5.26 Å². The number of anilines is 1. The third-order valence-electron chi connectivity index (χ3n) is 1.86. The van der Waals surface area contributed by atoms with E-state index in [9.17, 15) is 9.18 Å². The first-order valence-electron chi connectivity index (χ1n) is 4.13. The SMILES string of the molecule is COC(=O)Nc1cc(C)c(C#N)cc1F. The van der Waals surface area contributed by atoms with Gasteiger partial charge in [0.2, 0.25) is 0 Å². The minimum atomic E-state index is -0.752. The molecule has 0 fully saturated rings. The zero-order valence-electron chi connectivity index (χ0n) is 8.30. The molecule has 4 nitrogen and oxygen atoms in total. The normalized spacial score (nSPS) is 9.20. The summed E-state index contributed by atoms with van der Waals surface area (Å²) in [6, 6.07) is 4.30. The van der Waals surface area contributed by atoms with Crippen LogP contribution in [-0.2, 0) is 4.74 Å². The molecule has 0 saturated heterocycles. The number of nitriles is 1. The van der Waals surface area contributed by atoms with Crippen LogP contribution in [0, 0.1) is 24.1 Å². The van der Waals surface area contributed by atoms with Crippen molar-refractivity contribution in [3.05, 3.63) is 29.1 Å². The molecule has 78 valence electrons. The Morgan fingerprint density at radius 2 is 2.27 bits per heavy atom. The van der Waals surface area contributed by atoms with Crippen molar-refractivity contribution in [1.82, 2.24) is 0 Å². The number of rotatable bonds is 1. The van der Waals surface area contributed by atoms with Crippen LogP contribution in [0.15, 0.2) is 12.1 Å². The van der Waals surface area contributed by atoms with Crippen LogP contribution in [0.3, 0.4) is 0 Å². The Labute approximate surface area is 86.3 Å². The van der Waals surface area contributed by atoms with E-state index in [0.29, 0.717) is 5.56 Å². The number of methoxy groups -OCH3 is 1. The number of halogens is 1. The molecule has 0 aliphatic heterocycles. The molecule has 0 heterocycles. The van der Waals surface area contributed by atoms with Gasteiger partial charge >= 0.3 is 6.09 Å². The lowest BCUT2D eigenvalue weighted by atomic mass is 10.1. The molecule has 0 bridgehead atoms. The average molecular weight is 208 g/mol. The fraction of sp³-hybridized carbons (Fsp3) is 0.200. The van der Waals surface area contributed by atoms with E-state index in [4.69, 9.17) is 5.26 Å². The lowest BCUT2D eigenvalue weighted by Crippen LogP contribution is -2.12. The van der Waals surface area contributed by atoms with Crippen molar-refractivity contribution in [3.8, 4) is 6.07 Å². The van der Waals surface area contributed by atoms with Crippen molar-refractivity contribution in [2.45, 2.75) is 6.92 Å². The summed E-state index contributed by atoms with van der Waals surface area (Å²) in [5.41, 5.74) is 0.826. The second-order valence-corrected chi connectivity index (χ2v) is 2.88. The van der Waals surface area contributed by atoms with Crippen molar-refractivity contribution in [2.24, 2.45) is 0 Å². The van der Waals surface area contributed by atoms with Gasteiger partial charge in [0.05, 0.1) is 24.4 Å². The Kier molecular flexibility index (Phi) is 3.24. The number of aryl methyl sites for hydroxylation is 1. The van der Waals surface area contributed by atoms with Gasteiger partial charge in [-0.25, -0.2) is 9.18 Å². The van der Waals surface area contributed by atoms with Crippen LogP contribution in [-0.4, -0.2) is 13.2 Å². The van der Waals surface area contributed by atoms with Crippen LogP contribution in [0.1, 0.15) is 11.1 Å². The number of nitrogens with zero attached hydrogens (tertiary/aromatic N) is 1. The van der Waals surface area contributed by atoms with Crippen molar-refractivity contribution in [2.75, 3.05) is 12.4 Å². The van der Waals surface area contributed by atoms with Crippen molar-refractivity contribution < 1.29 is 13.9 Å². The molecular formula is C10H9FN2O2. The highest BCUT2D eigenvalue weighted by Crippen LogP contribution is 2.19. The molecule has 1 aromatic rings. The summed E-state index contributed by atoms with van der Waals surface area (Å²) in [4.78, 5) is 10.8. The quantitative estimate of drug-likeness (QED) is 0.769. The molecular weight excluding hydrogens is 199 g/mol. The van der Waals surface area contributed by atoms with Gasteiger partial charge in [0, 0.05) is 0 Å². The van der Waals surface area contributed by atoms with Crippen LogP contribution in [0.5, 0.6) is 0 Å². The summed E-state index contributed by atoms with van der Waals surface area (Å²) in [6.07, 6.45) is -0.752. The Bertz CT molecular complexity index is 438. The maximum absolute atomic E-state index is 13.3. The molecule has 1 aromatic carbocycles. The minimum absolute atomic E-state index is 0.00153. The highest BCUT2D eigenvalue weighted by atomic mass is 19.1. The lowest BCUT2D eigenvalue weighted by molar-refractivity contribution is 0.187. The molecule has 1 rings (SSSR count). The number of nitrogens with one attached hydrogen (secondary N) is 1. The summed E-state index contributed by atoms with van der Waals surface area (Å²) in [7, 11) is 1.18. The Morgan fingerprint density at radius 3 is 2.80 bits per heavy atom. The van der Waals surface area contributed by atoms with Gasteiger partial charge in [-0.3, -0.25) is 5.32 Å². The zero-order chi connectivity index (χ0) is 11.4. The lowest BCUT2D eigenvalue weighted by Gasteiger charge is -2.06. The van der Waals surface area contributed by atoms with Gasteiger partial charge in [0.15, 0.2) is 0 Å². The molecule has 1 N–H and O–H groups in total. The highest BCUT2D eigenvalue weighted by Gasteiger charge is 2.09. The Morgan fingerprint density at radius 1 is 1.60 bits per heavy atom. The fourth-order valence-corrected chi connectivity index (χ4v) is 1.06. The number of hydrogen-bond acceptors (Lipinski definition) is 3. The molecule has 0 spiro atoms. The molecule has 0 aromatic heterocycles. The summed E-state index contributed by atoms with van der Waals surface area (Å²) in [6.45, 7) is 1.65. The van der Waals surface area contributed by atoms with E-state index in [-0.39, 0.29) is 11.3 Å². The highest BCUT2D eigenvalue weighted by molar-refractivity contribution is 5.84. The van der Waals surface area contributed by atoms with Crippen LogP contribution < -0.4 is 5.32 Å². The van der Waals surface area contributed by atoms with E-state index in [1.807, 2.05) is 6.07 Å². The fourth-order valence-electron chi connectivity index (χ4n) is 1.06. The first-order chi connectivity index (χ1) is 7.08. The minimum Gasteiger partial charge on any atom is -0.453 e. The average Bonchev–Trinajstić information content (AvgIpc) is 2.22. The zero-order valence-corrected chi connectivity index (χ0v) is 8.30. The van der Waals surface area contributed by atoms with E-state index in [0.717, 1.165) is 6.07 Å².